The first-order valence-electron chi connectivity index (χ1n) is 5.87. The smallest absolute Gasteiger partial charge is 0.0630 e. The molecule has 2 rings (SSSR count). The first-order valence-corrected chi connectivity index (χ1v) is 5.87. The molecule has 0 aliphatic heterocycles. The van der Waals surface area contributed by atoms with Gasteiger partial charge in [-0.15, -0.1) is 0 Å². The summed E-state index contributed by atoms with van der Waals surface area (Å²) < 4.78 is 2.06. The lowest BCUT2D eigenvalue weighted by Gasteiger charge is -1.98. The second kappa shape index (κ2) is 4.97. The Bertz CT molecular complexity index is 443. The minimum absolute atomic E-state index is 0.956. The summed E-state index contributed by atoms with van der Waals surface area (Å²) in [4.78, 5) is 0. The van der Waals surface area contributed by atoms with E-state index in [4.69, 9.17) is 0 Å². The monoisotopic (exact) mass is 214 g/mol. The van der Waals surface area contributed by atoms with Crippen molar-refractivity contribution in [2.24, 2.45) is 0 Å². The van der Waals surface area contributed by atoms with Gasteiger partial charge in [-0.3, -0.25) is 4.68 Å². The van der Waals surface area contributed by atoms with Crippen molar-refractivity contribution in [3.05, 3.63) is 53.3 Å². The van der Waals surface area contributed by atoms with Crippen molar-refractivity contribution < 1.29 is 0 Å². The summed E-state index contributed by atoms with van der Waals surface area (Å²) in [7, 11) is 0. The minimum atomic E-state index is 0.956. The minimum Gasteiger partial charge on any atom is -0.270 e. The van der Waals surface area contributed by atoms with Crippen LogP contribution in [0.25, 0.3) is 0 Å². The number of hydrogen-bond donors (Lipinski definition) is 0. The normalized spacial score (nSPS) is 10.6. The predicted octanol–water partition coefficient (Wildman–Crippen LogP) is 3.00. The van der Waals surface area contributed by atoms with Crippen LogP contribution in [0.1, 0.15) is 23.9 Å². The van der Waals surface area contributed by atoms with Gasteiger partial charge in [0.1, 0.15) is 0 Å². The highest BCUT2D eigenvalue weighted by atomic mass is 15.3. The Labute approximate surface area is 96.9 Å². The molecule has 84 valence electrons. The van der Waals surface area contributed by atoms with Crippen molar-refractivity contribution in [2.45, 2.75) is 33.2 Å². The van der Waals surface area contributed by atoms with Crippen molar-refractivity contribution in [1.82, 2.24) is 9.78 Å². The molecular formula is C14H18N2. The van der Waals surface area contributed by atoms with Gasteiger partial charge in [-0.25, -0.2) is 0 Å². The van der Waals surface area contributed by atoms with Crippen LogP contribution >= 0.6 is 0 Å². The van der Waals surface area contributed by atoms with Gasteiger partial charge in [0.2, 0.25) is 0 Å². The zero-order valence-corrected chi connectivity index (χ0v) is 9.98. The van der Waals surface area contributed by atoms with Crippen LogP contribution in [0.4, 0.5) is 0 Å². The van der Waals surface area contributed by atoms with Gasteiger partial charge in [0.05, 0.1) is 5.69 Å². The summed E-state index contributed by atoms with van der Waals surface area (Å²) in [6.45, 7) is 5.20. The molecule has 2 nitrogen and oxygen atoms in total. The quantitative estimate of drug-likeness (QED) is 0.765. The average molecular weight is 214 g/mol. The Morgan fingerprint density at radius 3 is 2.50 bits per heavy atom. The molecule has 1 aromatic carbocycles. The molecule has 0 saturated carbocycles. The van der Waals surface area contributed by atoms with Crippen molar-refractivity contribution in [2.75, 3.05) is 0 Å². The lowest BCUT2D eigenvalue weighted by Crippen LogP contribution is -1.99. The largest absolute Gasteiger partial charge is 0.270 e. The molecule has 0 bridgehead atoms. The fourth-order valence-corrected chi connectivity index (χ4v) is 1.94. The van der Waals surface area contributed by atoms with Gasteiger partial charge < -0.3 is 0 Å². The Morgan fingerprint density at radius 1 is 1.12 bits per heavy atom. The molecule has 1 heterocycles. The second-order valence-electron chi connectivity index (χ2n) is 4.08. The standard InChI is InChI=1S/C14H18N2/c1-3-16-12(2)11-14(15-16)10-9-13-7-5-4-6-8-13/h4-8,11H,3,9-10H2,1-2H3. The van der Waals surface area contributed by atoms with Crippen LogP contribution in [0.3, 0.4) is 0 Å². The van der Waals surface area contributed by atoms with E-state index in [1.807, 2.05) is 0 Å². The molecule has 2 aromatic rings. The van der Waals surface area contributed by atoms with Crippen LogP contribution in [0.2, 0.25) is 0 Å². The van der Waals surface area contributed by atoms with Gasteiger partial charge in [0.25, 0.3) is 0 Å². The SMILES string of the molecule is CCn1nc(CCc2ccccc2)cc1C. The summed E-state index contributed by atoms with van der Waals surface area (Å²) in [6, 6.07) is 12.8. The Balaban J connectivity index is 2.00. The maximum atomic E-state index is 4.56. The van der Waals surface area contributed by atoms with E-state index < -0.39 is 0 Å². The summed E-state index contributed by atoms with van der Waals surface area (Å²) in [6.07, 6.45) is 2.10. The van der Waals surface area contributed by atoms with Gasteiger partial charge in [0, 0.05) is 12.2 Å². The van der Waals surface area contributed by atoms with Crippen LogP contribution in [0.5, 0.6) is 0 Å². The summed E-state index contributed by atoms with van der Waals surface area (Å²) in [5, 5.41) is 4.56. The molecule has 0 amide bonds. The molecular weight excluding hydrogens is 196 g/mol. The van der Waals surface area contributed by atoms with E-state index >= 15 is 0 Å². The molecule has 0 radical (unpaired) electrons. The maximum Gasteiger partial charge on any atom is 0.0630 e. The predicted molar refractivity (Wildman–Crippen MR) is 66.5 cm³/mol. The van der Waals surface area contributed by atoms with Crippen LogP contribution < -0.4 is 0 Å². The van der Waals surface area contributed by atoms with E-state index in [2.05, 4.69) is 60.0 Å². The molecule has 0 aliphatic carbocycles. The van der Waals surface area contributed by atoms with E-state index in [9.17, 15) is 0 Å². The highest BCUT2D eigenvalue weighted by Crippen LogP contribution is 2.08. The first-order chi connectivity index (χ1) is 7.79. The average Bonchev–Trinajstić information content (AvgIpc) is 2.69. The number of aromatic nitrogens is 2. The van der Waals surface area contributed by atoms with Crippen LogP contribution in [-0.4, -0.2) is 9.78 Å². The molecule has 0 atom stereocenters. The fourth-order valence-electron chi connectivity index (χ4n) is 1.94. The molecule has 0 unspecified atom stereocenters. The molecule has 0 spiro atoms. The number of hydrogen-bond acceptors (Lipinski definition) is 1. The van der Waals surface area contributed by atoms with Gasteiger partial charge in [-0.1, -0.05) is 30.3 Å². The van der Waals surface area contributed by atoms with Crippen molar-refractivity contribution >= 4 is 0 Å². The van der Waals surface area contributed by atoms with Crippen molar-refractivity contribution in [1.29, 1.82) is 0 Å². The van der Waals surface area contributed by atoms with Crippen LogP contribution in [0, 0.1) is 6.92 Å². The van der Waals surface area contributed by atoms with Gasteiger partial charge in [-0.2, -0.15) is 5.10 Å². The van der Waals surface area contributed by atoms with Gasteiger partial charge in [0.15, 0.2) is 0 Å². The van der Waals surface area contributed by atoms with Crippen molar-refractivity contribution in [3.63, 3.8) is 0 Å². The van der Waals surface area contributed by atoms with E-state index in [-0.39, 0.29) is 0 Å². The molecule has 0 aliphatic rings. The van der Waals surface area contributed by atoms with Gasteiger partial charge in [-0.05, 0) is 38.3 Å². The summed E-state index contributed by atoms with van der Waals surface area (Å²) in [5.41, 5.74) is 3.83. The second-order valence-corrected chi connectivity index (χ2v) is 4.08. The van der Waals surface area contributed by atoms with E-state index in [0.29, 0.717) is 0 Å². The summed E-state index contributed by atoms with van der Waals surface area (Å²) >= 11 is 0. The maximum absolute atomic E-state index is 4.56. The zero-order chi connectivity index (χ0) is 11.4. The van der Waals surface area contributed by atoms with Gasteiger partial charge >= 0.3 is 0 Å². The number of benzene rings is 1. The highest BCUT2D eigenvalue weighted by Gasteiger charge is 2.02. The van der Waals surface area contributed by atoms with E-state index in [1.54, 1.807) is 0 Å². The Hall–Kier alpha value is -1.57. The molecule has 0 N–H and O–H groups in total. The van der Waals surface area contributed by atoms with Crippen LogP contribution in [0.15, 0.2) is 36.4 Å². The zero-order valence-electron chi connectivity index (χ0n) is 9.98. The Morgan fingerprint density at radius 2 is 1.88 bits per heavy atom. The fraction of sp³-hybridized carbons (Fsp3) is 0.357. The Kier molecular flexibility index (Phi) is 3.40. The topological polar surface area (TPSA) is 17.8 Å². The molecule has 2 heteroatoms. The lowest BCUT2D eigenvalue weighted by molar-refractivity contribution is 0.628. The number of nitrogens with zero attached hydrogens (tertiary/aromatic N) is 2. The number of aryl methyl sites for hydroxylation is 4. The molecule has 0 fully saturated rings. The lowest BCUT2D eigenvalue weighted by atomic mass is 10.1. The third-order valence-electron chi connectivity index (χ3n) is 2.84. The first kappa shape index (κ1) is 10.9. The highest BCUT2D eigenvalue weighted by molar-refractivity contribution is 5.17. The third kappa shape index (κ3) is 2.51. The van der Waals surface area contributed by atoms with E-state index in [1.165, 1.54) is 17.0 Å². The number of rotatable bonds is 4. The van der Waals surface area contributed by atoms with Crippen LogP contribution in [-0.2, 0) is 19.4 Å². The third-order valence-corrected chi connectivity index (χ3v) is 2.84. The van der Waals surface area contributed by atoms with Crippen molar-refractivity contribution in [3.8, 4) is 0 Å². The summed E-state index contributed by atoms with van der Waals surface area (Å²) in [5.74, 6) is 0. The molecule has 0 saturated heterocycles. The molecule has 16 heavy (non-hydrogen) atoms. The molecule has 1 aromatic heterocycles. The van der Waals surface area contributed by atoms with E-state index in [0.717, 1.165) is 19.4 Å².